The van der Waals surface area contributed by atoms with Crippen LogP contribution < -0.4 is 10.6 Å². The summed E-state index contributed by atoms with van der Waals surface area (Å²) in [5, 5.41) is 7.61. The zero-order valence-corrected chi connectivity index (χ0v) is 12.2. The van der Waals surface area contributed by atoms with Crippen LogP contribution in [0.2, 0.25) is 5.02 Å². The van der Waals surface area contributed by atoms with E-state index in [4.69, 9.17) is 11.6 Å². The maximum absolute atomic E-state index is 6.14. The predicted octanol–water partition coefficient (Wildman–Crippen LogP) is 3.34. The van der Waals surface area contributed by atoms with Gasteiger partial charge in [0.1, 0.15) is 0 Å². The summed E-state index contributed by atoms with van der Waals surface area (Å²) in [6, 6.07) is 8.45. The second-order valence-electron chi connectivity index (χ2n) is 5.00. The van der Waals surface area contributed by atoms with Crippen LogP contribution in [0, 0.1) is 0 Å². The van der Waals surface area contributed by atoms with Crippen LogP contribution in [0.25, 0.3) is 0 Å². The quantitative estimate of drug-likeness (QED) is 0.658. The number of halogens is 1. The maximum atomic E-state index is 6.14. The monoisotopic (exact) mass is 279 g/mol. The van der Waals surface area contributed by atoms with Gasteiger partial charge in [-0.2, -0.15) is 0 Å². The molecule has 0 amide bonds. The van der Waals surface area contributed by atoms with Gasteiger partial charge in [-0.1, -0.05) is 49.1 Å². The Morgan fingerprint density at radius 2 is 2.00 bits per heavy atom. The molecule has 0 aromatic heterocycles. The Morgan fingerprint density at radius 1 is 1.26 bits per heavy atom. The van der Waals surface area contributed by atoms with Crippen LogP contribution in [0.5, 0.6) is 0 Å². The van der Waals surface area contributed by atoms with Crippen LogP contribution in [0.3, 0.4) is 0 Å². The topological polar surface area (TPSA) is 36.4 Å². The highest BCUT2D eigenvalue weighted by molar-refractivity contribution is 6.31. The fourth-order valence-corrected chi connectivity index (χ4v) is 2.66. The minimum atomic E-state index is 0.561. The summed E-state index contributed by atoms with van der Waals surface area (Å²) in [7, 11) is 1.81. The third-order valence-electron chi connectivity index (χ3n) is 3.57. The average molecular weight is 280 g/mol. The number of benzene rings is 1. The van der Waals surface area contributed by atoms with E-state index in [2.05, 4.69) is 15.6 Å². The van der Waals surface area contributed by atoms with Gasteiger partial charge in [-0.15, -0.1) is 0 Å². The zero-order chi connectivity index (χ0) is 13.5. The summed E-state index contributed by atoms with van der Waals surface area (Å²) in [5.74, 6) is 0.867. The van der Waals surface area contributed by atoms with Crippen molar-refractivity contribution in [1.29, 1.82) is 0 Å². The lowest BCUT2D eigenvalue weighted by atomic mass is 9.96. The van der Waals surface area contributed by atoms with Gasteiger partial charge in [-0.05, 0) is 24.5 Å². The number of guanidine groups is 1. The second kappa shape index (κ2) is 7.39. The van der Waals surface area contributed by atoms with Crippen molar-refractivity contribution < 1.29 is 0 Å². The molecular weight excluding hydrogens is 258 g/mol. The molecule has 0 radical (unpaired) electrons. The van der Waals surface area contributed by atoms with E-state index < -0.39 is 0 Å². The van der Waals surface area contributed by atoms with Crippen molar-refractivity contribution in [3.63, 3.8) is 0 Å². The van der Waals surface area contributed by atoms with E-state index in [0.29, 0.717) is 12.6 Å². The lowest BCUT2D eigenvalue weighted by Gasteiger charge is -2.25. The molecule has 0 heterocycles. The van der Waals surface area contributed by atoms with Crippen LogP contribution in [0.4, 0.5) is 0 Å². The van der Waals surface area contributed by atoms with Gasteiger partial charge in [-0.25, -0.2) is 0 Å². The molecule has 0 aliphatic heterocycles. The SMILES string of the molecule is CN=C(NCc1ccccc1Cl)NC1CCCCC1. The minimum absolute atomic E-state index is 0.561. The third-order valence-corrected chi connectivity index (χ3v) is 3.94. The van der Waals surface area contributed by atoms with Gasteiger partial charge in [0.2, 0.25) is 0 Å². The van der Waals surface area contributed by atoms with Gasteiger partial charge in [0, 0.05) is 24.7 Å². The van der Waals surface area contributed by atoms with E-state index in [9.17, 15) is 0 Å². The fourth-order valence-electron chi connectivity index (χ4n) is 2.46. The third kappa shape index (κ3) is 4.43. The van der Waals surface area contributed by atoms with Gasteiger partial charge >= 0.3 is 0 Å². The normalized spacial score (nSPS) is 17.3. The van der Waals surface area contributed by atoms with Crippen molar-refractivity contribution >= 4 is 17.6 Å². The van der Waals surface area contributed by atoms with Crippen molar-refractivity contribution in [1.82, 2.24) is 10.6 Å². The lowest BCUT2D eigenvalue weighted by Crippen LogP contribution is -2.43. The largest absolute Gasteiger partial charge is 0.354 e. The molecule has 1 saturated carbocycles. The van der Waals surface area contributed by atoms with Gasteiger partial charge in [0.05, 0.1) is 0 Å². The Balaban J connectivity index is 1.84. The first kappa shape index (κ1) is 14.2. The number of hydrogen-bond donors (Lipinski definition) is 2. The van der Waals surface area contributed by atoms with Crippen molar-refractivity contribution in [2.24, 2.45) is 4.99 Å². The highest BCUT2D eigenvalue weighted by Gasteiger charge is 2.14. The van der Waals surface area contributed by atoms with Crippen molar-refractivity contribution in [3.8, 4) is 0 Å². The summed E-state index contributed by atoms with van der Waals surface area (Å²) in [6.07, 6.45) is 6.49. The summed E-state index contributed by atoms with van der Waals surface area (Å²) in [4.78, 5) is 4.28. The number of nitrogens with one attached hydrogen (secondary N) is 2. The molecule has 104 valence electrons. The Kier molecular flexibility index (Phi) is 5.52. The first-order valence-corrected chi connectivity index (χ1v) is 7.38. The number of nitrogens with zero attached hydrogens (tertiary/aromatic N) is 1. The lowest BCUT2D eigenvalue weighted by molar-refractivity contribution is 0.410. The molecule has 1 aromatic rings. The van der Waals surface area contributed by atoms with Crippen LogP contribution in [-0.2, 0) is 6.54 Å². The van der Waals surface area contributed by atoms with E-state index in [1.807, 2.05) is 31.3 Å². The molecule has 0 atom stereocenters. The highest BCUT2D eigenvalue weighted by Crippen LogP contribution is 2.17. The molecule has 0 bridgehead atoms. The molecule has 1 aliphatic rings. The van der Waals surface area contributed by atoms with Gasteiger partial charge < -0.3 is 10.6 Å². The second-order valence-corrected chi connectivity index (χ2v) is 5.40. The summed E-state index contributed by atoms with van der Waals surface area (Å²) >= 11 is 6.14. The first-order valence-electron chi connectivity index (χ1n) is 7.00. The number of rotatable bonds is 3. The van der Waals surface area contributed by atoms with E-state index in [0.717, 1.165) is 16.5 Å². The average Bonchev–Trinajstić information content (AvgIpc) is 2.46. The van der Waals surface area contributed by atoms with Gasteiger partial charge in [0.15, 0.2) is 5.96 Å². The molecule has 1 fully saturated rings. The molecule has 1 aliphatic carbocycles. The Labute approximate surface area is 120 Å². The molecule has 2 rings (SSSR count). The first-order chi connectivity index (χ1) is 9.29. The van der Waals surface area contributed by atoms with Crippen LogP contribution >= 0.6 is 11.6 Å². The molecule has 0 unspecified atom stereocenters. The van der Waals surface area contributed by atoms with Crippen LogP contribution in [-0.4, -0.2) is 19.0 Å². The Hall–Kier alpha value is -1.22. The predicted molar refractivity (Wildman–Crippen MR) is 81.7 cm³/mol. The fraction of sp³-hybridized carbons (Fsp3) is 0.533. The van der Waals surface area contributed by atoms with Gasteiger partial charge in [-0.3, -0.25) is 4.99 Å². The minimum Gasteiger partial charge on any atom is -0.354 e. The summed E-state index contributed by atoms with van der Waals surface area (Å²) in [5.41, 5.74) is 1.09. The van der Waals surface area contributed by atoms with E-state index >= 15 is 0 Å². The molecule has 2 N–H and O–H groups in total. The smallest absolute Gasteiger partial charge is 0.191 e. The van der Waals surface area contributed by atoms with Gasteiger partial charge in [0.25, 0.3) is 0 Å². The Morgan fingerprint density at radius 3 is 2.68 bits per heavy atom. The molecule has 4 heteroatoms. The standard InChI is InChI=1S/C15H22ClN3/c1-17-15(19-13-8-3-2-4-9-13)18-11-12-7-5-6-10-14(12)16/h5-7,10,13H,2-4,8-9,11H2,1H3,(H2,17,18,19). The van der Waals surface area contributed by atoms with E-state index in [1.54, 1.807) is 0 Å². The highest BCUT2D eigenvalue weighted by atomic mass is 35.5. The Bertz CT molecular complexity index is 425. The molecular formula is C15H22ClN3. The summed E-state index contributed by atoms with van der Waals surface area (Å²) < 4.78 is 0. The van der Waals surface area contributed by atoms with Crippen LogP contribution in [0.15, 0.2) is 29.3 Å². The zero-order valence-electron chi connectivity index (χ0n) is 11.5. The van der Waals surface area contributed by atoms with Crippen LogP contribution in [0.1, 0.15) is 37.7 Å². The molecule has 3 nitrogen and oxygen atoms in total. The van der Waals surface area contributed by atoms with Crippen molar-refractivity contribution in [2.45, 2.75) is 44.7 Å². The van der Waals surface area contributed by atoms with Crippen molar-refractivity contribution in [2.75, 3.05) is 7.05 Å². The molecule has 0 saturated heterocycles. The number of aliphatic imine (C=N–C) groups is 1. The summed E-state index contributed by atoms with van der Waals surface area (Å²) in [6.45, 7) is 0.700. The van der Waals surface area contributed by atoms with E-state index in [1.165, 1.54) is 32.1 Å². The molecule has 19 heavy (non-hydrogen) atoms. The maximum Gasteiger partial charge on any atom is 0.191 e. The van der Waals surface area contributed by atoms with E-state index in [-0.39, 0.29) is 0 Å². The molecule has 1 aromatic carbocycles. The molecule has 0 spiro atoms. The number of hydrogen-bond acceptors (Lipinski definition) is 1. The van der Waals surface area contributed by atoms with Crippen molar-refractivity contribution in [3.05, 3.63) is 34.9 Å².